The zero-order chi connectivity index (χ0) is 31.0. The number of methoxy groups -OCH3 is 1. The summed E-state index contributed by atoms with van der Waals surface area (Å²) in [6, 6.07) is 12.6. The van der Waals surface area contributed by atoms with Gasteiger partial charge in [-0.3, -0.25) is 9.48 Å². The minimum Gasteiger partial charge on any atom is -0.490 e. The lowest BCUT2D eigenvalue weighted by Gasteiger charge is -2.38. The van der Waals surface area contributed by atoms with Crippen LogP contribution in [-0.2, 0) is 19.6 Å². The Morgan fingerprint density at radius 3 is 2.61 bits per heavy atom. The molecule has 1 amide bonds. The van der Waals surface area contributed by atoms with Gasteiger partial charge in [-0.15, -0.1) is 11.3 Å². The number of nitrogens with zero attached hydrogens (tertiary/aromatic N) is 4. The number of ether oxygens (including phenoxy) is 2. The lowest BCUT2D eigenvalue weighted by Crippen LogP contribution is -2.50. The fourth-order valence-electron chi connectivity index (χ4n) is 5.15. The standard InChI is InChI=1S/C31H28FN5O5S2/c1-3-27(38)36-17-22(18-36)37-16-20(15-34-37)30-28(24-9-6-21(32)14-26(24)42-12-11-41-2)31-25(10-13-43-31)29(35-30)19-4-7-23(8-5-19)44(33,39)40/h3-10,13-16,22H,1,11-12,17-18H2,2H3,(H2,33,39,40). The molecule has 2 N–H and O–H groups in total. The molecule has 3 aromatic heterocycles. The zero-order valence-corrected chi connectivity index (χ0v) is 25.3. The highest BCUT2D eigenvalue weighted by molar-refractivity contribution is 7.89. The van der Waals surface area contributed by atoms with Crippen LogP contribution in [0, 0.1) is 5.82 Å². The van der Waals surface area contributed by atoms with Crippen molar-refractivity contribution < 1.29 is 27.1 Å². The molecule has 4 heterocycles. The number of nitrogens with two attached hydrogens (primary N) is 1. The van der Waals surface area contributed by atoms with Crippen molar-refractivity contribution in [3.8, 4) is 39.4 Å². The third kappa shape index (κ3) is 5.62. The molecule has 0 radical (unpaired) electrons. The van der Waals surface area contributed by atoms with Crippen LogP contribution in [0.4, 0.5) is 4.39 Å². The number of primary sulfonamides is 1. The molecule has 0 aliphatic carbocycles. The van der Waals surface area contributed by atoms with Crippen molar-refractivity contribution in [3.63, 3.8) is 0 Å². The van der Waals surface area contributed by atoms with Gasteiger partial charge in [0, 0.05) is 64.8 Å². The first-order valence-electron chi connectivity index (χ1n) is 13.6. The quantitative estimate of drug-likeness (QED) is 0.172. The van der Waals surface area contributed by atoms with Crippen LogP contribution in [0.15, 0.2) is 83.9 Å². The van der Waals surface area contributed by atoms with E-state index in [1.807, 2.05) is 22.3 Å². The van der Waals surface area contributed by atoms with E-state index in [1.165, 1.54) is 41.7 Å². The Kier molecular flexibility index (Phi) is 8.03. The average molecular weight is 634 g/mol. The molecule has 0 bridgehead atoms. The largest absolute Gasteiger partial charge is 0.490 e. The number of thiophene rings is 1. The number of fused-ring (bicyclic) bond motifs is 1. The highest BCUT2D eigenvalue weighted by Crippen LogP contribution is 2.46. The summed E-state index contributed by atoms with van der Waals surface area (Å²) >= 11 is 1.50. The molecule has 1 aliphatic heterocycles. The third-order valence-electron chi connectivity index (χ3n) is 7.42. The Hall–Kier alpha value is -4.43. The number of halogens is 1. The SMILES string of the molecule is C=CC(=O)N1CC(n2cc(-c3nc(-c4ccc(S(N)(=O)=O)cc4)c4ccsc4c3-c3ccc(F)cc3OCCOC)cn2)C1. The first-order valence-corrected chi connectivity index (χ1v) is 16.0. The minimum absolute atomic E-state index is 0.00503. The minimum atomic E-state index is -3.87. The number of aromatic nitrogens is 3. The van der Waals surface area contributed by atoms with Crippen LogP contribution in [0.25, 0.3) is 43.7 Å². The summed E-state index contributed by atoms with van der Waals surface area (Å²) in [6.07, 6.45) is 4.89. The summed E-state index contributed by atoms with van der Waals surface area (Å²) < 4.78 is 52.1. The number of hydrogen-bond donors (Lipinski definition) is 1. The van der Waals surface area contributed by atoms with Gasteiger partial charge in [0.15, 0.2) is 0 Å². The second-order valence-electron chi connectivity index (χ2n) is 10.2. The van der Waals surface area contributed by atoms with Crippen molar-refractivity contribution in [1.82, 2.24) is 19.7 Å². The van der Waals surface area contributed by atoms with Crippen LogP contribution in [0.3, 0.4) is 0 Å². The molecule has 10 nitrogen and oxygen atoms in total. The van der Waals surface area contributed by atoms with E-state index in [2.05, 4.69) is 11.7 Å². The summed E-state index contributed by atoms with van der Waals surface area (Å²) in [5.41, 5.74) is 3.99. The number of benzene rings is 2. The van der Waals surface area contributed by atoms with E-state index in [1.54, 1.807) is 36.4 Å². The fraction of sp³-hybridized carbons (Fsp3) is 0.194. The topological polar surface area (TPSA) is 130 Å². The van der Waals surface area contributed by atoms with Gasteiger partial charge in [0.2, 0.25) is 15.9 Å². The van der Waals surface area contributed by atoms with E-state index in [0.717, 1.165) is 15.6 Å². The summed E-state index contributed by atoms with van der Waals surface area (Å²) in [4.78, 5) is 18.8. The number of rotatable bonds is 10. The normalized spacial score (nSPS) is 13.7. The average Bonchev–Trinajstić information content (AvgIpc) is 3.66. The predicted octanol–water partition coefficient (Wildman–Crippen LogP) is 4.87. The maximum Gasteiger partial charge on any atom is 0.246 e. The molecule has 44 heavy (non-hydrogen) atoms. The van der Waals surface area contributed by atoms with Crippen molar-refractivity contribution in [3.05, 3.63) is 84.8 Å². The van der Waals surface area contributed by atoms with Gasteiger partial charge in [-0.2, -0.15) is 5.10 Å². The van der Waals surface area contributed by atoms with Gasteiger partial charge >= 0.3 is 0 Å². The molecule has 1 fully saturated rings. The number of sulfonamides is 1. The summed E-state index contributed by atoms with van der Waals surface area (Å²) in [5, 5.41) is 12.7. The summed E-state index contributed by atoms with van der Waals surface area (Å²) in [6.45, 7) is 5.11. The van der Waals surface area contributed by atoms with Crippen molar-refractivity contribution in [2.24, 2.45) is 5.14 Å². The Balaban J connectivity index is 1.52. The second kappa shape index (κ2) is 11.9. The Morgan fingerprint density at radius 1 is 1.14 bits per heavy atom. The van der Waals surface area contributed by atoms with Gasteiger partial charge in [0.05, 0.1) is 35.1 Å². The lowest BCUT2D eigenvalue weighted by atomic mass is 9.96. The first kappa shape index (κ1) is 29.6. The molecule has 6 rings (SSSR count). The van der Waals surface area contributed by atoms with Gasteiger partial charge in [0.1, 0.15) is 18.2 Å². The van der Waals surface area contributed by atoms with Crippen molar-refractivity contribution in [2.75, 3.05) is 33.4 Å². The molecule has 2 aromatic carbocycles. The molecule has 1 aliphatic rings. The Labute approximate surface area is 257 Å². The van der Waals surface area contributed by atoms with Crippen LogP contribution in [0.5, 0.6) is 5.75 Å². The number of likely N-dealkylation sites (tertiary alicyclic amines) is 1. The predicted molar refractivity (Wildman–Crippen MR) is 166 cm³/mol. The van der Waals surface area contributed by atoms with Gasteiger partial charge < -0.3 is 14.4 Å². The highest BCUT2D eigenvalue weighted by Gasteiger charge is 2.32. The summed E-state index contributed by atoms with van der Waals surface area (Å²) in [5.74, 6) is -0.229. The van der Waals surface area contributed by atoms with Crippen LogP contribution in [0.2, 0.25) is 0 Å². The van der Waals surface area contributed by atoms with E-state index < -0.39 is 15.8 Å². The van der Waals surface area contributed by atoms with Gasteiger partial charge in [-0.05, 0) is 41.8 Å². The molecule has 0 spiro atoms. The monoisotopic (exact) mass is 633 g/mol. The Bertz CT molecular complexity index is 1980. The van der Waals surface area contributed by atoms with E-state index in [-0.39, 0.29) is 23.5 Å². The molecule has 1 saturated heterocycles. The zero-order valence-electron chi connectivity index (χ0n) is 23.6. The number of hydrogen-bond acceptors (Lipinski definition) is 8. The fourth-order valence-corrected chi connectivity index (χ4v) is 6.63. The number of carbonyl (C=O) groups is 1. The van der Waals surface area contributed by atoms with E-state index in [9.17, 15) is 17.6 Å². The van der Waals surface area contributed by atoms with Crippen LogP contribution >= 0.6 is 11.3 Å². The van der Waals surface area contributed by atoms with Gasteiger partial charge in [-0.25, -0.2) is 22.9 Å². The molecule has 226 valence electrons. The molecule has 0 atom stereocenters. The highest BCUT2D eigenvalue weighted by atomic mass is 32.2. The maximum absolute atomic E-state index is 14.5. The van der Waals surface area contributed by atoms with E-state index >= 15 is 0 Å². The smallest absolute Gasteiger partial charge is 0.246 e. The lowest BCUT2D eigenvalue weighted by molar-refractivity contribution is -0.131. The molecular formula is C31H28FN5O5S2. The van der Waals surface area contributed by atoms with E-state index in [0.29, 0.717) is 53.5 Å². The van der Waals surface area contributed by atoms with Crippen molar-refractivity contribution in [2.45, 2.75) is 10.9 Å². The summed E-state index contributed by atoms with van der Waals surface area (Å²) in [7, 11) is -2.31. The Morgan fingerprint density at radius 2 is 1.91 bits per heavy atom. The number of carbonyl (C=O) groups excluding carboxylic acids is 1. The van der Waals surface area contributed by atoms with Crippen molar-refractivity contribution >= 4 is 37.4 Å². The number of amides is 1. The molecule has 0 unspecified atom stereocenters. The molecule has 13 heteroatoms. The van der Waals surface area contributed by atoms with Gasteiger partial charge in [-0.1, -0.05) is 18.7 Å². The second-order valence-corrected chi connectivity index (χ2v) is 12.7. The van der Waals surface area contributed by atoms with Gasteiger partial charge in [0.25, 0.3) is 0 Å². The maximum atomic E-state index is 14.5. The third-order valence-corrected chi connectivity index (χ3v) is 9.28. The number of pyridine rings is 1. The molecule has 0 saturated carbocycles. The van der Waals surface area contributed by atoms with Crippen LogP contribution < -0.4 is 9.88 Å². The van der Waals surface area contributed by atoms with Crippen LogP contribution in [0.1, 0.15) is 6.04 Å². The molecule has 5 aromatic rings. The molecular weight excluding hydrogens is 606 g/mol. The van der Waals surface area contributed by atoms with Crippen LogP contribution in [-0.4, -0.2) is 67.4 Å². The first-order chi connectivity index (χ1) is 21.2. The van der Waals surface area contributed by atoms with Crippen molar-refractivity contribution in [1.29, 1.82) is 0 Å². The van der Waals surface area contributed by atoms with E-state index in [4.69, 9.17) is 19.6 Å².